The van der Waals surface area contributed by atoms with E-state index in [1.807, 2.05) is 36.1 Å². The largest absolute Gasteiger partial charge is 0.378 e. The summed E-state index contributed by atoms with van der Waals surface area (Å²) in [5.41, 5.74) is 10.5. The first-order chi connectivity index (χ1) is 15.5. The number of nitrogens with two attached hydrogens (primary N) is 1. The SMILES string of the molecule is Cc1ccc(NC(=O)N2CCCC2)cc1-c1cc(C#CC(C)N)nc(N2CCOCC2)c1. The number of amides is 2. The number of benzene rings is 1. The van der Waals surface area contributed by atoms with E-state index in [1.54, 1.807) is 0 Å². The fourth-order valence-electron chi connectivity index (χ4n) is 4.01. The molecule has 7 nitrogen and oxygen atoms in total. The monoisotopic (exact) mass is 433 g/mol. The summed E-state index contributed by atoms with van der Waals surface area (Å²) >= 11 is 0. The number of urea groups is 1. The number of carbonyl (C=O) groups excluding carboxylic acids is 1. The Kier molecular flexibility index (Phi) is 6.93. The molecule has 2 aliphatic rings. The minimum Gasteiger partial charge on any atom is -0.378 e. The van der Waals surface area contributed by atoms with Crippen LogP contribution < -0.4 is 16.0 Å². The molecule has 1 aromatic carbocycles. The Balaban J connectivity index is 1.68. The molecule has 0 bridgehead atoms. The summed E-state index contributed by atoms with van der Waals surface area (Å²) in [4.78, 5) is 21.4. The Bertz CT molecular complexity index is 1030. The van der Waals surface area contributed by atoms with Gasteiger partial charge in [-0.3, -0.25) is 0 Å². The Morgan fingerprint density at radius 2 is 1.91 bits per heavy atom. The van der Waals surface area contributed by atoms with Crippen molar-refractivity contribution in [1.29, 1.82) is 0 Å². The average molecular weight is 434 g/mol. The summed E-state index contributed by atoms with van der Waals surface area (Å²) in [7, 11) is 0. The molecular weight excluding hydrogens is 402 g/mol. The summed E-state index contributed by atoms with van der Waals surface area (Å²) < 4.78 is 5.50. The Morgan fingerprint density at radius 1 is 1.16 bits per heavy atom. The van der Waals surface area contributed by atoms with E-state index in [1.165, 1.54) is 0 Å². The van der Waals surface area contributed by atoms with Gasteiger partial charge in [0.05, 0.1) is 19.3 Å². The predicted molar refractivity (Wildman–Crippen MR) is 128 cm³/mol. The molecule has 3 heterocycles. The second-order valence-electron chi connectivity index (χ2n) is 8.41. The van der Waals surface area contributed by atoms with Gasteiger partial charge in [0.1, 0.15) is 11.5 Å². The van der Waals surface area contributed by atoms with Crippen LogP contribution in [0.5, 0.6) is 0 Å². The number of likely N-dealkylation sites (tertiary alicyclic amines) is 1. The summed E-state index contributed by atoms with van der Waals surface area (Å²) in [5.74, 6) is 7.01. The minimum absolute atomic E-state index is 0.0375. The van der Waals surface area contributed by atoms with Crippen LogP contribution in [0.3, 0.4) is 0 Å². The lowest BCUT2D eigenvalue weighted by Crippen LogP contribution is -2.36. The third-order valence-electron chi connectivity index (χ3n) is 5.77. The minimum atomic E-state index is -0.224. The van der Waals surface area contributed by atoms with Gasteiger partial charge >= 0.3 is 6.03 Å². The van der Waals surface area contributed by atoms with Crippen LogP contribution in [0, 0.1) is 18.8 Å². The van der Waals surface area contributed by atoms with Gasteiger partial charge in [-0.25, -0.2) is 9.78 Å². The van der Waals surface area contributed by atoms with Crippen LogP contribution in [0.4, 0.5) is 16.3 Å². The van der Waals surface area contributed by atoms with Gasteiger partial charge in [-0.1, -0.05) is 12.0 Å². The molecule has 0 spiro atoms. The van der Waals surface area contributed by atoms with Gasteiger partial charge in [-0.2, -0.15) is 0 Å². The van der Waals surface area contributed by atoms with Crippen LogP contribution in [0.15, 0.2) is 30.3 Å². The molecule has 168 valence electrons. The van der Waals surface area contributed by atoms with Gasteiger partial charge < -0.3 is 25.6 Å². The van der Waals surface area contributed by atoms with Crippen molar-refractivity contribution < 1.29 is 9.53 Å². The zero-order valence-electron chi connectivity index (χ0n) is 18.9. The van der Waals surface area contributed by atoms with E-state index in [9.17, 15) is 4.79 Å². The normalized spacial score (nSPS) is 17.0. The third kappa shape index (κ3) is 5.39. The molecule has 1 aromatic heterocycles. The summed E-state index contributed by atoms with van der Waals surface area (Å²) in [6, 6.07) is 9.85. The highest BCUT2D eigenvalue weighted by Gasteiger charge is 2.19. The van der Waals surface area contributed by atoms with Crippen LogP contribution in [0.25, 0.3) is 11.1 Å². The van der Waals surface area contributed by atoms with Crippen molar-refractivity contribution in [2.45, 2.75) is 32.7 Å². The topological polar surface area (TPSA) is 83.7 Å². The first kappa shape index (κ1) is 22.1. The van der Waals surface area contributed by atoms with Gasteiger partial charge in [0.25, 0.3) is 0 Å². The molecule has 2 saturated heterocycles. The number of nitrogens with one attached hydrogen (secondary N) is 1. The highest BCUT2D eigenvalue weighted by Crippen LogP contribution is 2.30. The van der Waals surface area contributed by atoms with Crippen LogP contribution in [-0.4, -0.2) is 61.3 Å². The summed E-state index contributed by atoms with van der Waals surface area (Å²) in [6.07, 6.45) is 2.14. The first-order valence-corrected chi connectivity index (χ1v) is 11.3. The van der Waals surface area contributed by atoms with E-state index in [4.69, 9.17) is 15.5 Å². The van der Waals surface area contributed by atoms with Crippen molar-refractivity contribution in [2.75, 3.05) is 49.6 Å². The lowest BCUT2D eigenvalue weighted by molar-refractivity contribution is 0.122. The van der Waals surface area contributed by atoms with E-state index in [0.29, 0.717) is 18.9 Å². The molecule has 2 amide bonds. The van der Waals surface area contributed by atoms with Gasteiger partial charge in [0.2, 0.25) is 0 Å². The van der Waals surface area contributed by atoms with E-state index in [2.05, 4.69) is 35.0 Å². The molecule has 1 unspecified atom stereocenters. The summed E-state index contributed by atoms with van der Waals surface area (Å²) in [5, 5.41) is 3.05. The maximum Gasteiger partial charge on any atom is 0.321 e. The van der Waals surface area contributed by atoms with Crippen molar-refractivity contribution in [2.24, 2.45) is 5.73 Å². The molecule has 2 aliphatic heterocycles. The number of aryl methyl sites for hydroxylation is 1. The first-order valence-electron chi connectivity index (χ1n) is 11.3. The molecule has 2 aromatic rings. The van der Waals surface area contributed by atoms with Gasteiger partial charge in [0.15, 0.2) is 0 Å². The zero-order chi connectivity index (χ0) is 22.5. The Labute approximate surface area is 189 Å². The lowest BCUT2D eigenvalue weighted by Gasteiger charge is -2.28. The number of hydrogen-bond acceptors (Lipinski definition) is 5. The van der Waals surface area contributed by atoms with Gasteiger partial charge in [-0.15, -0.1) is 0 Å². The third-order valence-corrected chi connectivity index (χ3v) is 5.77. The smallest absolute Gasteiger partial charge is 0.321 e. The van der Waals surface area contributed by atoms with Crippen molar-refractivity contribution >= 4 is 17.5 Å². The van der Waals surface area contributed by atoms with Crippen molar-refractivity contribution in [1.82, 2.24) is 9.88 Å². The average Bonchev–Trinajstić information content (AvgIpc) is 3.34. The van der Waals surface area contributed by atoms with Crippen LogP contribution in [-0.2, 0) is 4.74 Å². The molecule has 7 heteroatoms. The maximum atomic E-state index is 12.6. The van der Waals surface area contributed by atoms with Gasteiger partial charge in [0, 0.05) is 31.9 Å². The van der Waals surface area contributed by atoms with E-state index in [-0.39, 0.29) is 12.1 Å². The van der Waals surface area contributed by atoms with Gasteiger partial charge in [-0.05, 0) is 73.6 Å². The quantitative estimate of drug-likeness (QED) is 0.726. The Hall–Kier alpha value is -3.08. The fourth-order valence-corrected chi connectivity index (χ4v) is 4.01. The number of carbonyl (C=O) groups is 1. The second-order valence-corrected chi connectivity index (χ2v) is 8.41. The molecule has 32 heavy (non-hydrogen) atoms. The highest BCUT2D eigenvalue weighted by molar-refractivity contribution is 5.90. The molecule has 0 radical (unpaired) electrons. The van der Waals surface area contributed by atoms with Crippen LogP contribution >= 0.6 is 0 Å². The number of anilines is 2. The molecule has 4 rings (SSSR count). The zero-order valence-corrected chi connectivity index (χ0v) is 18.9. The molecule has 2 fully saturated rings. The predicted octanol–water partition coefficient (Wildman–Crippen LogP) is 3.22. The van der Waals surface area contributed by atoms with E-state index in [0.717, 1.165) is 67.2 Å². The molecular formula is C25H31N5O2. The van der Waals surface area contributed by atoms with Crippen molar-refractivity contribution in [3.8, 4) is 23.0 Å². The number of rotatable bonds is 3. The second kappa shape index (κ2) is 10.0. The standard InChI is InChI=1S/C25H31N5O2/c1-18-5-7-22(28-25(31)30-9-3-4-10-30)17-23(18)20-15-21(8-6-19(2)26)27-24(16-20)29-11-13-32-14-12-29/h5,7,15-17,19H,3-4,9-14,26H2,1-2H3,(H,28,31). The number of morpholine rings is 1. The number of aromatic nitrogens is 1. The molecule has 1 atom stereocenters. The number of hydrogen-bond donors (Lipinski definition) is 2. The number of pyridine rings is 1. The maximum absolute atomic E-state index is 12.6. The highest BCUT2D eigenvalue weighted by atomic mass is 16.5. The number of ether oxygens (including phenoxy) is 1. The lowest BCUT2D eigenvalue weighted by atomic mass is 9.99. The van der Waals surface area contributed by atoms with Crippen LogP contribution in [0.1, 0.15) is 31.0 Å². The van der Waals surface area contributed by atoms with Crippen molar-refractivity contribution in [3.63, 3.8) is 0 Å². The molecule has 0 aliphatic carbocycles. The fraction of sp³-hybridized carbons (Fsp3) is 0.440. The molecule has 3 N–H and O–H groups in total. The number of nitrogens with zero attached hydrogens (tertiary/aromatic N) is 3. The van der Waals surface area contributed by atoms with E-state index >= 15 is 0 Å². The van der Waals surface area contributed by atoms with Crippen LogP contribution in [0.2, 0.25) is 0 Å². The Morgan fingerprint density at radius 3 is 2.62 bits per heavy atom. The van der Waals surface area contributed by atoms with E-state index < -0.39 is 0 Å². The molecule has 0 saturated carbocycles. The van der Waals surface area contributed by atoms with Crippen molar-refractivity contribution in [3.05, 3.63) is 41.6 Å². The summed E-state index contributed by atoms with van der Waals surface area (Å²) in [6.45, 7) is 8.52.